The first kappa shape index (κ1) is 16.7. The van der Waals surface area contributed by atoms with E-state index in [-0.39, 0.29) is 17.9 Å². The molecule has 2 aromatic rings. The molecule has 0 bridgehead atoms. The van der Waals surface area contributed by atoms with Gasteiger partial charge in [-0.3, -0.25) is 9.59 Å². The number of carbonyl (C=O) groups is 3. The minimum atomic E-state index is -0.658. The summed E-state index contributed by atoms with van der Waals surface area (Å²) >= 11 is 0. The van der Waals surface area contributed by atoms with E-state index in [0.29, 0.717) is 11.4 Å². The highest BCUT2D eigenvalue weighted by atomic mass is 16.5. The molecule has 3 aliphatic heterocycles. The smallest absolute Gasteiger partial charge is 0.240 e. The molecule has 3 heterocycles. The molecule has 0 N–H and O–H groups in total. The van der Waals surface area contributed by atoms with Crippen LogP contribution in [0.15, 0.2) is 60.7 Å². The van der Waals surface area contributed by atoms with Gasteiger partial charge in [0.1, 0.15) is 12.0 Å². The summed E-state index contributed by atoms with van der Waals surface area (Å²) in [4.78, 5) is 41.3. The van der Waals surface area contributed by atoms with Crippen LogP contribution in [0.25, 0.3) is 5.70 Å². The van der Waals surface area contributed by atoms with Crippen LogP contribution in [-0.2, 0) is 14.4 Å². The number of ether oxygens (including phenoxy) is 1. The van der Waals surface area contributed by atoms with Gasteiger partial charge in [-0.2, -0.15) is 0 Å². The van der Waals surface area contributed by atoms with Crippen molar-refractivity contribution in [2.24, 2.45) is 11.8 Å². The van der Waals surface area contributed by atoms with E-state index in [2.05, 4.69) is 0 Å². The number of para-hydroxylation sites is 1. The van der Waals surface area contributed by atoms with Crippen LogP contribution in [0.3, 0.4) is 0 Å². The van der Waals surface area contributed by atoms with E-state index in [9.17, 15) is 14.4 Å². The van der Waals surface area contributed by atoms with Crippen molar-refractivity contribution < 1.29 is 19.1 Å². The van der Waals surface area contributed by atoms with Crippen molar-refractivity contribution in [3.63, 3.8) is 0 Å². The summed E-state index contributed by atoms with van der Waals surface area (Å²) in [5.41, 5.74) is 2.32. The average Bonchev–Trinajstić information content (AvgIpc) is 3.11. The number of fused-ring (bicyclic) bond motifs is 3. The number of rotatable bonds is 4. The van der Waals surface area contributed by atoms with Crippen molar-refractivity contribution in [1.82, 2.24) is 4.90 Å². The summed E-state index contributed by atoms with van der Waals surface area (Å²) in [6.45, 7) is 0. The Hall–Kier alpha value is -3.41. The molecule has 0 aliphatic carbocycles. The number of methoxy groups -OCH3 is 1. The lowest BCUT2D eigenvalue weighted by molar-refractivity contribution is -0.125. The molecule has 140 valence electrons. The zero-order valence-corrected chi connectivity index (χ0v) is 15.2. The van der Waals surface area contributed by atoms with Gasteiger partial charge in [0.25, 0.3) is 0 Å². The average molecular weight is 374 g/mol. The number of imide groups is 1. The van der Waals surface area contributed by atoms with Crippen LogP contribution >= 0.6 is 0 Å². The second kappa shape index (κ2) is 6.05. The lowest BCUT2D eigenvalue weighted by Gasteiger charge is -2.41. The molecule has 2 amide bonds. The van der Waals surface area contributed by atoms with Gasteiger partial charge in [-0.1, -0.05) is 30.3 Å². The van der Waals surface area contributed by atoms with E-state index < -0.39 is 17.9 Å². The van der Waals surface area contributed by atoms with Crippen LogP contribution in [-0.4, -0.2) is 42.2 Å². The summed E-state index contributed by atoms with van der Waals surface area (Å²) in [5, 5.41) is 0. The summed E-state index contributed by atoms with van der Waals surface area (Å²) in [6.07, 6.45) is 2.78. The molecule has 2 fully saturated rings. The van der Waals surface area contributed by atoms with Gasteiger partial charge in [0.2, 0.25) is 11.8 Å². The van der Waals surface area contributed by atoms with Crippen molar-refractivity contribution >= 4 is 29.5 Å². The lowest BCUT2D eigenvalue weighted by atomic mass is 9.88. The van der Waals surface area contributed by atoms with Gasteiger partial charge in [-0.15, -0.1) is 0 Å². The fourth-order valence-corrected chi connectivity index (χ4v) is 4.66. The van der Waals surface area contributed by atoms with E-state index in [0.717, 1.165) is 17.5 Å². The van der Waals surface area contributed by atoms with Crippen LogP contribution in [0.5, 0.6) is 5.75 Å². The zero-order chi connectivity index (χ0) is 19.4. The number of carbonyl (C=O) groups excluding carboxylic acids is 3. The first-order chi connectivity index (χ1) is 13.7. The van der Waals surface area contributed by atoms with Crippen LogP contribution in [0.4, 0.5) is 5.69 Å². The molecule has 0 spiro atoms. The predicted molar refractivity (Wildman–Crippen MR) is 102 cm³/mol. The van der Waals surface area contributed by atoms with Gasteiger partial charge in [0.05, 0.1) is 36.7 Å². The fraction of sp³-hybridized carbons (Fsp3) is 0.227. The third kappa shape index (κ3) is 2.11. The van der Waals surface area contributed by atoms with E-state index >= 15 is 0 Å². The first-order valence-corrected chi connectivity index (χ1v) is 9.18. The Morgan fingerprint density at radius 2 is 1.71 bits per heavy atom. The van der Waals surface area contributed by atoms with Crippen molar-refractivity contribution in [1.29, 1.82) is 0 Å². The molecule has 0 radical (unpaired) electrons. The molecular formula is C22H18N2O4. The number of anilines is 1. The van der Waals surface area contributed by atoms with Gasteiger partial charge < -0.3 is 14.4 Å². The highest BCUT2D eigenvalue weighted by Gasteiger charge is 2.64. The van der Waals surface area contributed by atoms with E-state index in [1.165, 1.54) is 4.90 Å². The SMILES string of the molecule is COc1cccc(C2=CC3[C@@H]4C(=O)N(c5ccccc5)C(=O)C4C(C=O)N23)c1. The lowest BCUT2D eigenvalue weighted by Crippen LogP contribution is -2.48. The highest BCUT2D eigenvalue weighted by molar-refractivity contribution is 6.24. The third-order valence-electron chi connectivity index (χ3n) is 5.90. The largest absolute Gasteiger partial charge is 0.497 e. The van der Waals surface area contributed by atoms with E-state index in [4.69, 9.17) is 4.74 Å². The van der Waals surface area contributed by atoms with Gasteiger partial charge in [0.15, 0.2) is 0 Å². The summed E-state index contributed by atoms with van der Waals surface area (Å²) in [7, 11) is 1.60. The second-order valence-corrected chi connectivity index (χ2v) is 7.21. The Balaban J connectivity index is 1.52. The van der Waals surface area contributed by atoms with Crippen molar-refractivity contribution in [3.8, 4) is 5.75 Å². The number of nitrogens with zero attached hydrogens (tertiary/aromatic N) is 2. The van der Waals surface area contributed by atoms with Crippen LogP contribution in [0, 0.1) is 11.8 Å². The van der Waals surface area contributed by atoms with E-state index in [1.54, 1.807) is 31.4 Å². The Morgan fingerprint density at radius 1 is 0.964 bits per heavy atom. The molecule has 0 saturated carbocycles. The van der Waals surface area contributed by atoms with E-state index in [1.807, 2.05) is 41.3 Å². The zero-order valence-electron chi connectivity index (χ0n) is 15.2. The van der Waals surface area contributed by atoms with Crippen molar-refractivity contribution in [2.75, 3.05) is 12.0 Å². The second-order valence-electron chi connectivity index (χ2n) is 7.21. The van der Waals surface area contributed by atoms with Crippen molar-refractivity contribution in [3.05, 3.63) is 66.2 Å². The molecule has 0 aromatic heterocycles. The van der Waals surface area contributed by atoms with Gasteiger partial charge in [0, 0.05) is 11.3 Å². The third-order valence-corrected chi connectivity index (χ3v) is 5.90. The normalized spacial score (nSPS) is 27.8. The van der Waals surface area contributed by atoms with Crippen LogP contribution < -0.4 is 9.64 Å². The molecule has 3 aliphatic rings. The monoisotopic (exact) mass is 374 g/mol. The maximum atomic E-state index is 13.1. The molecule has 6 nitrogen and oxygen atoms in total. The van der Waals surface area contributed by atoms with Crippen molar-refractivity contribution in [2.45, 2.75) is 12.1 Å². The molecule has 5 rings (SSSR count). The Labute approximate surface area is 162 Å². The number of aldehydes is 1. The molecular weight excluding hydrogens is 356 g/mol. The fourth-order valence-electron chi connectivity index (χ4n) is 4.66. The molecule has 2 aromatic carbocycles. The quantitative estimate of drug-likeness (QED) is 0.606. The van der Waals surface area contributed by atoms with Crippen LogP contribution in [0.1, 0.15) is 5.56 Å². The van der Waals surface area contributed by atoms with Gasteiger partial charge >= 0.3 is 0 Å². The number of benzene rings is 2. The minimum absolute atomic E-state index is 0.235. The number of amides is 2. The molecule has 3 unspecified atom stereocenters. The summed E-state index contributed by atoms with van der Waals surface area (Å²) in [5.74, 6) is -1.01. The predicted octanol–water partition coefficient (Wildman–Crippen LogP) is 2.11. The maximum absolute atomic E-state index is 13.1. The van der Waals surface area contributed by atoms with Crippen LogP contribution in [0.2, 0.25) is 0 Å². The standard InChI is InChI=1S/C22H18N2O4/c1-28-15-9-5-6-13(10-15)16-11-17-19-20(18(12-25)24(16)17)22(27)23(21(19)26)14-7-3-2-4-8-14/h2-12,17-20H,1H3/t17?,18?,19-,20?/m0/s1. The summed E-state index contributed by atoms with van der Waals surface area (Å²) in [6, 6.07) is 15.5. The first-order valence-electron chi connectivity index (χ1n) is 9.18. The minimum Gasteiger partial charge on any atom is -0.497 e. The number of hydrogen-bond donors (Lipinski definition) is 0. The maximum Gasteiger partial charge on any atom is 0.240 e. The molecule has 6 heteroatoms. The Bertz CT molecular complexity index is 1020. The Kier molecular flexibility index (Phi) is 3.62. The number of hydrogen-bond acceptors (Lipinski definition) is 5. The molecule has 4 atom stereocenters. The van der Waals surface area contributed by atoms with Gasteiger partial charge in [-0.25, -0.2) is 4.90 Å². The Morgan fingerprint density at radius 3 is 2.43 bits per heavy atom. The molecule has 2 saturated heterocycles. The summed E-state index contributed by atoms with van der Waals surface area (Å²) < 4.78 is 5.28. The molecule has 28 heavy (non-hydrogen) atoms. The highest BCUT2D eigenvalue weighted by Crippen LogP contribution is 2.52. The topological polar surface area (TPSA) is 66.9 Å². The van der Waals surface area contributed by atoms with Gasteiger partial charge in [-0.05, 0) is 30.3 Å².